The molecule has 2 aromatic rings. The number of benzene rings is 2. The fraction of sp³-hybridized carbons (Fsp3) is 0.235. The molecule has 2 N–H and O–H groups in total. The molecule has 0 saturated heterocycles. The van der Waals surface area contributed by atoms with E-state index in [2.05, 4.69) is 6.92 Å². The summed E-state index contributed by atoms with van der Waals surface area (Å²) in [6, 6.07) is 12.7. The Labute approximate surface area is 124 Å². The van der Waals surface area contributed by atoms with Crippen molar-refractivity contribution in [1.29, 1.82) is 0 Å². The van der Waals surface area contributed by atoms with Crippen molar-refractivity contribution in [3.05, 3.63) is 53.6 Å². The highest BCUT2D eigenvalue weighted by Crippen LogP contribution is 2.28. The fourth-order valence-corrected chi connectivity index (χ4v) is 1.93. The second-order valence-corrected chi connectivity index (χ2v) is 4.58. The van der Waals surface area contributed by atoms with Gasteiger partial charge in [0.2, 0.25) is 0 Å². The molecule has 4 nitrogen and oxygen atoms in total. The first-order valence-corrected chi connectivity index (χ1v) is 6.97. The van der Waals surface area contributed by atoms with Gasteiger partial charge in [-0.3, -0.25) is 0 Å². The van der Waals surface area contributed by atoms with Crippen molar-refractivity contribution in [3.8, 4) is 11.5 Å². The van der Waals surface area contributed by atoms with Crippen LogP contribution in [0, 0.1) is 0 Å². The van der Waals surface area contributed by atoms with Gasteiger partial charge in [0.05, 0.1) is 6.61 Å². The van der Waals surface area contributed by atoms with Crippen molar-refractivity contribution in [1.82, 2.24) is 0 Å². The molecular weight excluding hydrogens is 266 g/mol. The highest BCUT2D eigenvalue weighted by Gasteiger charge is 2.15. The summed E-state index contributed by atoms with van der Waals surface area (Å²) in [5.41, 5.74) is 7.78. The quantitative estimate of drug-likeness (QED) is 0.670. The number of hydrogen-bond donors (Lipinski definition) is 1. The second-order valence-electron chi connectivity index (χ2n) is 4.58. The third kappa shape index (κ3) is 3.75. The van der Waals surface area contributed by atoms with Crippen LogP contribution in [-0.2, 0) is 11.2 Å². The number of aryl methyl sites for hydroxylation is 1. The van der Waals surface area contributed by atoms with Gasteiger partial charge in [0, 0.05) is 5.69 Å². The lowest BCUT2D eigenvalue weighted by Crippen LogP contribution is -2.07. The Balaban J connectivity index is 2.27. The molecule has 0 aliphatic rings. The summed E-state index contributed by atoms with van der Waals surface area (Å²) in [5.74, 6) is 0.666. The Morgan fingerprint density at radius 1 is 1.10 bits per heavy atom. The van der Waals surface area contributed by atoms with Gasteiger partial charge in [-0.05, 0) is 49.2 Å². The minimum atomic E-state index is -0.440. The highest BCUT2D eigenvalue weighted by molar-refractivity contribution is 5.93. The molecule has 0 heterocycles. The van der Waals surface area contributed by atoms with Crippen LogP contribution < -0.4 is 10.5 Å². The van der Waals surface area contributed by atoms with Crippen molar-refractivity contribution in [2.75, 3.05) is 12.3 Å². The zero-order valence-electron chi connectivity index (χ0n) is 12.3. The van der Waals surface area contributed by atoms with E-state index in [0.717, 1.165) is 6.42 Å². The molecule has 0 aliphatic carbocycles. The summed E-state index contributed by atoms with van der Waals surface area (Å²) in [7, 11) is 0. The van der Waals surface area contributed by atoms with Gasteiger partial charge in [0.25, 0.3) is 0 Å². The van der Waals surface area contributed by atoms with E-state index in [0.29, 0.717) is 29.4 Å². The smallest absolute Gasteiger partial charge is 0.342 e. The average molecular weight is 285 g/mol. The van der Waals surface area contributed by atoms with Gasteiger partial charge in [-0.1, -0.05) is 19.1 Å². The van der Waals surface area contributed by atoms with E-state index in [9.17, 15) is 4.79 Å². The van der Waals surface area contributed by atoms with Gasteiger partial charge in [0.15, 0.2) is 0 Å². The monoisotopic (exact) mass is 285 g/mol. The molecule has 0 atom stereocenters. The Kier molecular flexibility index (Phi) is 4.82. The van der Waals surface area contributed by atoms with E-state index in [4.69, 9.17) is 15.2 Å². The lowest BCUT2D eigenvalue weighted by atomic mass is 10.1. The topological polar surface area (TPSA) is 61.5 Å². The van der Waals surface area contributed by atoms with Crippen LogP contribution in [0.15, 0.2) is 42.5 Å². The fourth-order valence-electron chi connectivity index (χ4n) is 1.93. The molecule has 0 unspecified atom stereocenters. The van der Waals surface area contributed by atoms with Crippen LogP contribution in [-0.4, -0.2) is 12.6 Å². The van der Waals surface area contributed by atoms with Crippen molar-refractivity contribution in [3.63, 3.8) is 0 Å². The molecule has 0 bridgehead atoms. The first-order valence-electron chi connectivity index (χ1n) is 6.97. The number of rotatable bonds is 5. The van der Waals surface area contributed by atoms with Crippen LogP contribution in [0.1, 0.15) is 29.8 Å². The van der Waals surface area contributed by atoms with Crippen LogP contribution >= 0.6 is 0 Å². The molecule has 0 radical (unpaired) electrons. The Hall–Kier alpha value is -2.49. The molecule has 21 heavy (non-hydrogen) atoms. The number of hydrogen-bond acceptors (Lipinski definition) is 4. The number of carbonyl (C=O) groups excluding carboxylic acids is 1. The maximum absolute atomic E-state index is 12.0. The summed E-state index contributed by atoms with van der Waals surface area (Å²) in [6.45, 7) is 4.15. The number of nitrogens with two attached hydrogens (primary N) is 1. The molecule has 0 amide bonds. The molecule has 4 heteroatoms. The van der Waals surface area contributed by atoms with E-state index in [1.54, 1.807) is 25.1 Å². The zero-order valence-corrected chi connectivity index (χ0v) is 12.3. The molecule has 0 spiro atoms. The van der Waals surface area contributed by atoms with E-state index >= 15 is 0 Å². The van der Waals surface area contributed by atoms with E-state index in [1.807, 2.05) is 24.3 Å². The second kappa shape index (κ2) is 6.79. The molecule has 0 fully saturated rings. The summed E-state index contributed by atoms with van der Waals surface area (Å²) >= 11 is 0. The predicted molar refractivity (Wildman–Crippen MR) is 82.7 cm³/mol. The number of nitrogen functional groups attached to an aromatic ring is 1. The minimum absolute atomic E-state index is 0.304. The van der Waals surface area contributed by atoms with Gasteiger partial charge in [-0.25, -0.2) is 4.79 Å². The van der Waals surface area contributed by atoms with Crippen molar-refractivity contribution in [2.24, 2.45) is 0 Å². The third-order valence-electron chi connectivity index (χ3n) is 3.06. The number of carbonyl (C=O) groups is 1. The molecular formula is C17H19NO3. The highest BCUT2D eigenvalue weighted by atomic mass is 16.5. The minimum Gasteiger partial charge on any atom is -0.462 e. The molecule has 2 aromatic carbocycles. The normalized spacial score (nSPS) is 10.2. The van der Waals surface area contributed by atoms with E-state index < -0.39 is 5.97 Å². The van der Waals surface area contributed by atoms with Gasteiger partial charge in [-0.15, -0.1) is 0 Å². The third-order valence-corrected chi connectivity index (χ3v) is 3.06. The zero-order chi connectivity index (χ0) is 15.2. The lowest BCUT2D eigenvalue weighted by molar-refractivity contribution is 0.0523. The van der Waals surface area contributed by atoms with Crippen molar-refractivity contribution in [2.45, 2.75) is 20.3 Å². The summed E-state index contributed by atoms with van der Waals surface area (Å²) in [4.78, 5) is 12.0. The maximum Gasteiger partial charge on any atom is 0.342 e. The predicted octanol–water partition coefficient (Wildman–Crippen LogP) is 3.80. The molecule has 2 rings (SSSR count). The summed E-state index contributed by atoms with van der Waals surface area (Å²) in [6.07, 6.45) is 0.968. The van der Waals surface area contributed by atoms with Gasteiger partial charge in [-0.2, -0.15) is 0 Å². The van der Waals surface area contributed by atoms with Crippen LogP contribution in [0.2, 0.25) is 0 Å². The van der Waals surface area contributed by atoms with Crippen LogP contribution in [0.3, 0.4) is 0 Å². The molecule has 0 aromatic heterocycles. The average Bonchev–Trinajstić information content (AvgIpc) is 2.50. The van der Waals surface area contributed by atoms with Crippen LogP contribution in [0.25, 0.3) is 0 Å². The first kappa shape index (κ1) is 14.9. The van der Waals surface area contributed by atoms with Crippen LogP contribution in [0.5, 0.6) is 11.5 Å². The number of ether oxygens (including phenoxy) is 2. The summed E-state index contributed by atoms with van der Waals surface area (Å²) < 4.78 is 10.8. The van der Waals surface area contributed by atoms with E-state index in [-0.39, 0.29) is 0 Å². The van der Waals surface area contributed by atoms with E-state index in [1.165, 1.54) is 5.56 Å². The largest absolute Gasteiger partial charge is 0.462 e. The Morgan fingerprint density at radius 2 is 1.81 bits per heavy atom. The SMILES string of the molecule is CCOC(=O)c1cc(N)ccc1Oc1ccc(CC)cc1. The number of anilines is 1. The maximum atomic E-state index is 12.0. The standard InChI is InChI=1S/C17H19NO3/c1-3-12-5-8-14(9-6-12)21-16-10-7-13(18)11-15(16)17(19)20-4-2/h5-11H,3-4,18H2,1-2H3. The van der Waals surface area contributed by atoms with Crippen molar-refractivity contribution < 1.29 is 14.3 Å². The van der Waals surface area contributed by atoms with Crippen molar-refractivity contribution >= 4 is 11.7 Å². The van der Waals surface area contributed by atoms with Gasteiger partial charge >= 0.3 is 5.97 Å². The molecule has 0 saturated carbocycles. The molecule has 0 aliphatic heterocycles. The van der Waals surface area contributed by atoms with Gasteiger partial charge < -0.3 is 15.2 Å². The summed E-state index contributed by atoms with van der Waals surface area (Å²) in [5, 5.41) is 0. The van der Waals surface area contributed by atoms with Crippen LogP contribution in [0.4, 0.5) is 5.69 Å². The van der Waals surface area contributed by atoms with Gasteiger partial charge in [0.1, 0.15) is 17.1 Å². The lowest BCUT2D eigenvalue weighted by Gasteiger charge is -2.11. The number of esters is 1. The molecule has 110 valence electrons. The Bertz CT molecular complexity index is 620. The first-order chi connectivity index (χ1) is 10.1. The Morgan fingerprint density at radius 3 is 2.43 bits per heavy atom.